The highest BCUT2D eigenvalue weighted by atomic mass is 32.2. The number of amides is 1. The monoisotopic (exact) mass is 388 g/mol. The number of rotatable bonds is 6. The van der Waals surface area contributed by atoms with Crippen LogP contribution in [-0.2, 0) is 27.7 Å². The van der Waals surface area contributed by atoms with Crippen LogP contribution in [0.3, 0.4) is 0 Å². The Balaban J connectivity index is 1.76. The molecule has 0 atom stereocenters. The number of hydrogen-bond acceptors (Lipinski definition) is 4. The summed E-state index contributed by atoms with van der Waals surface area (Å²) in [6, 6.07) is 12.5. The Labute approximate surface area is 160 Å². The summed E-state index contributed by atoms with van der Waals surface area (Å²) in [7, 11) is -0.457. The zero-order valence-corrected chi connectivity index (χ0v) is 16.6. The van der Waals surface area contributed by atoms with Crippen LogP contribution in [0.15, 0.2) is 47.4 Å². The van der Waals surface area contributed by atoms with Gasteiger partial charge < -0.3 is 9.64 Å². The maximum atomic E-state index is 12.7. The predicted octanol–water partition coefficient (Wildman–Crippen LogP) is 2.47. The van der Waals surface area contributed by atoms with E-state index < -0.39 is 10.0 Å². The molecule has 2 aromatic rings. The van der Waals surface area contributed by atoms with Gasteiger partial charge in [-0.3, -0.25) is 4.79 Å². The maximum absolute atomic E-state index is 12.7. The molecule has 0 aromatic heterocycles. The molecule has 0 unspecified atom stereocenters. The van der Waals surface area contributed by atoms with Gasteiger partial charge in [0.1, 0.15) is 5.75 Å². The number of fused-ring (bicyclic) bond motifs is 1. The molecule has 2 aromatic carbocycles. The second-order valence-electron chi connectivity index (χ2n) is 6.63. The minimum Gasteiger partial charge on any atom is -0.494 e. The number of hydrogen-bond donors (Lipinski definition) is 0. The van der Waals surface area contributed by atoms with E-state index >= 15 is 0 Å². The lowest BCUT2D eigenvalue weighted by Crippen LogP contribution is -2.30. The molecule has 1 aliphatic heterocycles. The lowest BCUT2D eigenvalue weighted by atomic mass is 10.1. The van der Waals surface area contributed by atoms with Crippen LogP contribution in [0.2, 0.25) is 0 Å². The fourth-order valence-electron chi connectivity index (χ4n) is 3.15. The van der Waals surface area contributed by atoms with Gasteiger partial charge in [-0.2, -0.15) is 0 Å². The van der Waals surface area contributed by atoms with E-state index in [0.29, 0.717) is 26.0 Å². The first-order valence-corrected chi connectivity index (χ1v) is 10.3. The standard InChI is InChI=1S/C20H24N2O4S/c1-4-26-17-7-5-15(6-8-17)13-20(23)22-12-11-16-14-18(9-10-19(16)22)27(24,25)21(2)3/h5-10,14H,4,11-13H2,1-3H3. The molecule has 0 aliphatic carbocycles. The summed E-state index contributed by atoms with van der Waals surface area (Å²) in [6.45, 7) is 3.10. The first kappa shape index (κ1) is 19.4. The number of carbonyl (C=O) groups excluding carboxylic acids is 1. The molecule has 1 heterocycles. The van der Waals surface area contributed by atoms with Gasteiger partial charge in [-0.05, 0) is 54.8 Å². The van der Waals surface area contributed by atoms with E-state index in [1.54, 1.807) is 23.1 Å². The van der Waals surface area contributed by atoms with Gasteiger partial charge >= 0.3 is 0 Å². The molecule has 0 N–H and O–H groups in total. The van der Waals surface area contributed by atoms with Crippen LogP contribution < -0.4 is 9.64 Å². The largest absolute Gasteiger partial charge is 0.494 e. The molecule has 7 heteroatoms. The van der Waals surface area contributed by atoms with Crippen molar-refractivity contribution in [3.8, 4) is 5.75 Å². The Morgan fingerprint density at radius 1 is 1.15 bits per heavy atom. The first-order chi connectivity index (χ1) is 12.8. The average Bonchev–Trinajstić information content (AvgIpc) is 3.06. The molecule has 6 nitrogen and oxygen atoms in total. The molecule has 27 heavy (non-hydrogen) atoms. The van der Waals surface area contributed by atoms with Crippen molar-refractivity contribution in [3.05, 3.63) is 53.6 Å². The molecule has 1 amide bonds. The van der Waals surface area contributed by atoms with E-state index in [4.69, 9.17) is 4.74 Å². The molecule has 0 bridgehead atoms. The van der Waals surface area contributed by atoms with Crippen molar-refractivity contribution < 1.29 is 17.9 Å². The van der Waals surface area contributed by atoms with E-state index in [9.17, 15) is 13.2 Å². The Morgan fingerprint density at radius 2 is 1.85 bits per heavy atom. The topological polar surface area (TPSA) is 66.9 Å². The van der Waals surface area contributed by atoms with E-state index in [2.05, 4.69) is 0 Å². The summed E-state index contributed by atoms with van der Waals surface area (Å²) in [5.74, 6) is 0.788. The number of benzene rings is 2. The van der Waals surface area contributed by atoms with Crippen molar-refractivity contribution in [2.75, 3.05) is 32.1 Å². The normalized spacial score (nSPS) is 13.7. The van der Waals surface area contributed by atoms with Crippen molar-refractivity contribution >= 4 is 21.6 Å². The van der Waals surface area contributed by atoms with Crippen LogP contribution in [-0.4, -0.2) is 45.9 Å². The number of nitrogens with zero attached hydrogens (tertiary/aromatic N) is 2. The number of carbonyl (C=O) groups is 1. The number of sulfonamides is 1. The predicted molar refractivity (Wildman–Crippen MR) is 105 cm³/mol. The summed E-state index contributed by atoms with van der Waals surface area (Å²) < 4.78 is 31.2. The Bertz CT molecular complexity index is 937. The minimum atomic E-state index is -3.48. The van der Waals surface area contributed by atoms with E-state index in [-0.39, 0.29) is 10.8 Å². The molecular weight excluding hydrogens is 364 g/mol. The minimum absolute atomic E-state index is 0.00104. The molecule has 1 aliphatic rings. The number of anilines is 1. The highest BCUT2D eigenvalue weighted by Gasteiger charge is 2.27. The van der Waals surface area contributed by atoms with Gasteiger partial charge in [-0.1, -0.05) is 12.1 Å². The van der Waals surface area contributed by atoms with Crippen LogP contribution in [0.5, 0.6) is 5.75 Å². The third kappa shape index (κ3) is 3.99. The highest BCUT2D eigenvalue weighted by molar-refractivity contribution is 7.89. The third-order valence-corrected chi connectivity index (χ3v) is 6.43. The molecular formula is C20H24N2O4S. The van der Waals surface area contributed by atoms with Crippen molar-refractivity contribution in [1.82, 2.24) is 4.31 Å². The second-order valence-corrected chi connectivity index (χ2v) is 8.78. The summed E-state index contributed by atoms with van der Waals surface area (Å²) in [4.78, 5) is 14.7. The van der Waals surface area contributed by atoms with Crippen LogP contribution in [0.4, 0.5) is 5.69 Å². The molecule has 144 valence electrons. The van der Waals surface area contributed by atoms with Crippen molar-refractivity contribution in [1.29, 1.82) is 0 Å². The van der Waals surface area contributed by atoms with E-state index in [0.717, 1.165) is 22.6 Å². The molecule has 0 radical (unpaired) electrons. The van der Waals surface area contributed by atoms with Crippen LogP contribution in [0, 0.1) is 0 Å². The SMILES string of the molecule is CCOc1ccc(CC(=O)N2CCc3cc(S(=O)(=O)N(C)C)ccc32)cc1. The highest BCUT2D eigenvalue weighted by Crippen LogP contribution is 2.31. The molecule has 0 saturated carbocycles. The summed E-state index contributed by atoms with van der Waals surface area (Å²) in [5, 5.41) is 0. The fourth-order valence-corrected chi connectivity index (χ4v) is 4.10. The lowest BCUT2D eigenvalue weighted by molar-refractivity contribution is -0.117. The first-order valence-electron chi connectivity index (χ1n) is 8.90. The lowest BCUT2D eigenvalue weighted by Gasteiger charge is -2.18. The van der Waals surface area contributed by atoms with Gasteiger partial charge in [0.15, 0.2) is 0 Å². The Hall–Kier alpha value is -2.38. The smallest absolute Gasteiger partial charge is 0.242 e. The van der Waals surface area contributed by atoms with Crippen molar-refractivity contribution in [2.24, 2.45) is 0 Å². The zero-order chi connectivity index (χ0) is 19.6. The van der Waals surface area contributed by atoms with Crippen LogP contribution in [0.25, 0.3) is 0 Å². The van der Waals surface area contributed by atoms with Gasteiger partial charge in [0.05, 0.1) is 17.9 Å². The third-order valence-electron chi connectivity index (χ3n) is 4.62. The van der Waals surface area contributed by atoms with Crippen LogP contribution >= 0.6 is 0 Å². The van der Waals surface area contributed by atoms with Gasteiger partial charge in [0.25, 0.3) is 0 Å². The van der Waals surface area contributed by atoms with Gasteiger partial charge in [-0.15, -0.1) is 0 Å². The summed E-state index contributed by atoms with van der Waals surface area (Å²) >= 11 is 0. The molecule has 3 rings (SSSR count). The average molecular weight is 388 g/mol. The van der Waals surface area contributed by atoms with Crippen LogP contribution in [0.1, 0.15) is 18.1 Å². The van der Waals surface area contributed by atoms with Crippen molar-refractivity contribution in [3.63, 3.8) is 0 Å². The quantitative estimate of drug-likeness (QED) is 0.762. The summed E-state index contributed by atoms with van der Waals surface area (Å²) in [5.41, 5.74) is 2.60. The zero-order valence-electron chi connectivity index (χ0n) is 15.8. The molecule has 0 saturated heterocycles. The van der Waals surface area contributed by atoms with E-state index in [1.165, 1.54) is 18.4 Å². The van der Waals surface area contributed by atoms with Gasteiger partial charge in [0.2, 0.25) is 15.9 Å². The Morgan fingerprint density at radius 3 is 2.48 bits per heavy atom. The summed E-state index contributed by atoms with van der Waals surface area (Å²) in [6.07, 6.45) is 0.949. The Kier molecular flexibility index (Phi) is 5.53. The fraction of sp³-hybridized carbons (Fsp3) is 0.350. The second kappa shape index (κ2) is 7.70. The van der Waals surface area contributed by atoms with Gasteiger partial charge in [0, 0.05) is 26.3 Å². The maximum Gasteiger partial charge on any atom is 0.242 e. The van der Waals surface area contributed by atoms with Gasteiger partial charge in [-0.25, -0.2) is 12.7 Å². The molecule has 0 fully saturated rings. The number of ether oxygens (including phenoxy) is 1. The van der Waals surface area contributed by atoms with E-state index in [1.807, 2.05) is 31.2 Å². The molecule has 0 spiro atoms. The van der Waals surface area contributed by atoms with Crippen molar-refractivity contribution in [2.45, 2.75) is 24.7 Å².